The van der Waals surface area contributed by atoms with E-state index in [0.29, 0.717) is 0 Å². The van der Waals surface area contributed by atoms with Gasteiger partial charge in [0.2, 0.25) is 0 Å². The first-order valence-electron chi connectivity index (χ1n) is 4.28. The second-order valence-electron chi connectivity index (χ2n) is 3.19. The summed E-state index contributed by atoms with van der Waals surface area (Å²) < 4.78 is 49.8. The lowest BCUT2D eigenvalue weighted by Gasteiger charge is -2.03. The van der Waals surface area contributed by atoms with Gasteiger partial charge < -0.3 is 4.98 Å². The smallest absolute Gasteiger partial charge is 0.360 e. The number of H-pyrrole nitrogens is 1. The Hall–Kier alpha value is -1.85. The molecule has 0 fully saturated rings. The molecule has 0 aliphatic rings. The van der Waals surface area contributed by atoms with Crippen LogP contribution in [0.2, 0.25) is 0 Å². The van der Waals surface area contributed by atoms with Crippen LogP contribution in [0.25, 0.3) is 10.9 Å². The number of nitrogens with one attached hydrogen (secondary N) is 1. The average molecular weight is 231 g/mol. The molecule has 0 saturated heterocycles. The molecule has 1 aromatic carbocycles. The van der Waals surface area contributed by atoms with Crippen molar-refractivity contribution in [1.29, 1.82) is 0 Å². The molecular formula is C10H5F4NO. The predicted molar refractivity (Wildman–Crippen MR) is 48.6 cm³/mol. The molecule has 1 N–H and O–H groups in total. The van der Waals surface area contributed by atoms with Gasteiger partial charge in [-0.05, 0) is 12.1 Å². The molecule has 0 aliphatic heterocycles. The number of aromatic nitrogens is 1. The first-order chi connectivity index (χ1) is 7.41. The standard InChI is InChI=1S/C10H5F4NO/c11-6-2-1-3-7-8(6)5(4-15-7)9(16)10(12,13)14/h1-4,15H. The highest BCUT2D eigenvalue weighted by molar-refractivity contribution is 6.10. The number of benzene rings is 1. The average Bonchev–Trinajstić information content (AvgIpc) is 2.60. The van der Waals surface area contributed by atoms with E-state index in [1.54, 1.807) is 0 Å². The quantitative estimate of drug-likeness (QED) is 0.593. The molecule has 2 rings (SSSR count). The van der Waals surface area contributed by atoms with E-state index in [1.165, 1.54) is 12.1 Å². The maximum absolute atomic E-state index is 13.3. The third kappa shape index (κ3) is 1.56. The lowest BCUT2D eigenvalue weighted by molar-refractivity contribution is -0.0884. The molecule has 0 radical (unpaired) electrons. The monoisotopic (exact) mass is 231 g/mol. The molecular weight excluding hydrogens is 226 g/mol. The molecule has 84 valence electrons. The van der Waals surface area contributed by atoms with Gasteiger partial charge in [-0.15, -0.1) is 0 Å². The molecule has 16 heavy (non-hydrogen) atoms. The second kappa shape index (κ2) is 3.33. The van der Waals surface area contributed by atoms with E-state index in [2.05, 4.69) is 4.98 Å². The summed E-state index contributed by atoms with van der Waals surface area (Å²) in [5, 5.41) is -0.329. The number of fused-ring (bicyclic) bond motifs is 1. The van der Waals surface area contributed by atoms with E-state index in [-0.39, 0.29) is 10.9 Å². The van der Waals surface area contributed by atoms with Crippen LogP contribution in [0.1, 0.15) is 10.4 Å². The van der Waals surface area contributed by atoms with Crippen molar-refractivity contribution in [2.45, 2.75) is 6.18 Å². The van der Waals surface area contributed by atoms with Crippen molar-refractivity contribution in [3.05, 3.63) is 35.8 Å². The summed E-state index contributed by atoms with van der Waals surface area (Å²) in [5.74, 6) is -2.91. The van der Waals surface area contributed by atoms with Crippen LogP contribution in [-0.4, -0.2) is 16.9 Å². The Balaban J connectivity index is 2.67. The van der Waals surface area contributed by atoms with Gasteiger partial charge in [-0.25, -0.2) is 4.39 Å². The van der Waals surface area contributed by atoms with E-state index < -0.39 is 23.3 Å². The maximum atomic E-state index is 13.3. The minimum atomic E-state index is -5.00. The fraction of sp³-hybridized carbons (Fsp3) is 0.100. The van der Waals surface area contributed by atoms with Gasteiger partial charge in [-0.1, -0.05) is 6.07 Å². The van der Waals surface area contributed by atoms with Gasteiger partial charge in [-0.2, -0.15) is 13.2 Å². The zero-order valence-electron chi connectivity index (χ0n) is 7.73. The summed E-state index contributed by atoms with van der Waals surface area (Å²) in [5.41, 5.74) is -0.534. The maximum Gasteiger partial charge on any atom is 0.454 e. The van der Waals surface area contributed by atoms with E-state index in [0.717, 1.165) is 12.3 Å². The molecule has 2 nitrogen and oxygen atoms in total. The van der Waals surface area contributed by atoms with Crippen molar-refractivity contribution in [2.75, 3.05) is 0 Å². The Labute approximate surface area is 86.9 Å². The molecule has 6 heteroatoms. The zero-order valence-corrected chi connectivity index (χ0v) is 7.73. The molecule has 0 aliphatic carbocycles. The minimum absolute atomic E-state index is 0.160. The van der Waals surface area contributed by atoms with Crippen molar-refractivity contribution in [1.82, 2.24) is 4.98 Å². The Morgan fingerprint density at radius 1 is 1.25 bits per heavy atom. The van der Waals surface area contributed by atoms with Crippen LogP contribution in [0.4, 0.5) is 17.6 Å². The fourth-order valence-electron chi connectivity index (χ4n) is 1.47. The number of hydrogen-bond donors (Lipinski definition) is 1. The van der Waals surface area contributed by atoms with Gasteiger partial charge in [0, 0.05) is 17.1 Å². The number of carbonyl (C=O) groups excluding carboxylic acids is 1. The van der Waals surface area contributed by atoms with E-state index in [1.807, 2.05) is 0 Å². The van der Waals surface area contributed by atoms with Crippen LogP contribution in [0.15, 0.2) is 24.4 Å². The minimum Gasteiger partial charge on any atom is -0.360 e. The highest BCUT2D eigenvalue weighted by atomic mass is 19.4. The molecule has 1 aromatic heterocycles. The van der Waals surface area contributed by atoms with Crippen LogP contribution >= 0.6 is 0 Å². The lowest BCUT2D eigenvalue weighted by atomic mass is 10.1. The Morgan fingerprint density at radius 3 is 2.56 bits per heavy atom. The Morgan fingerprint density at radius 2 is 1.94 bits per heavy atom. The van der Waals surface area contributed by atoms with Crippen molar-refractivity contribution < 1.29 is 22.4 Å². The van der Waals surface area contributed by atoms with Gasteiger partial charge in [-0.3, -0.25) is 4.79 Å². The molecule has 0 spiro atoms. The topological polar surface area (TPSA) is 32.9 Å². The third-order valence-electron chi connectivity index (χ3n) is 2.16. The molecule has 0 bridgehead atoms. The van der Waals surface area contributed by atoms with Gasteiger partial charge >= 0.3 is 6.18 Å². The van der Waals surface area contributed by atoms with Gasteiger partial charge in [0.05, 0.1) is 5.56 Å². The number of carbonyl (C=O) groups is 1. The molecule has 0 amide bonds. The van der Waals surface area contributed by atoms with E-state index in [4.69, 9.17) is 0 Å². The van der Waals surface area contributed by atoms with E-state index >= 15 is 0 Å². The number of alkyl halides is 3. The fourth-order valence-corrected chi connectivity index (χ4v) is 1.47. The largest absolute Gasteiger partial charge is 0.454 e. The van der Waals surface area contributed by atoms with Crippen LogP contribution in [0.3, 0.4) is 0 Å². The molecule has 0 unspecified atom stereocenters. The zero-order chi connectivity index (χ0) is 11.9. The normalized spacial score (nSPS) is 12.0. The van der Waals surface area contributed by atoms with Crippen molar-refractivity contribution >= 4 is 16.7 Å². The summed E-state index contributed by atoms with van der Waals surface area (Å²) in [6.07, 6.45) is -4.14. The highest BCUT2D eigenvalue weighted by Gasteiger charge is 2.40. The van der Waals surface area contributed by atoms with Crippen molar-refractivity contribution in [2.24, 2.45) is 0 Å². The first-order valence-corrected chi connectivity index (χ1v) is 4.28. The summed E-state index contributed by atoms with van der Waals surface area (Å²) in [6.45, 7) is 0. The molecule has 0 saturated carbocycles. The van der Waals surface area contributed by atoms with E-state index in [9.17, 15) is 22.4 Å². The van der Waals surface area contributed by atoms with Gasteiger partial charge in [0.15, 0.2) is 0 Å². The van der Waals surface area contributed by atoms with Crippen LogP contribution in [-0.2, 0) is 0 Å². The third-order valence-corrected chi connectivity index (χ3v) is 2.16. The van der Waals surface area contributed by atoms with Crippen LogP contribution < -0.4 is 0 Å². The highest BCUT2D eigenvalue weighted by Crippen LogP contribution is 2.28. The number of aromatic amines is 1. The number of halogens is 4. The molecule has 1 heterocycles. The second-order valence-corrected chi connectivity index (χ2v) is 3.19. The van der Waals surface area contributed by atoms with Crippen LogP contribution in [0.5, 0.6) is 0 Å². The van der Waals surface area contributed by atoms with Crippen molar-refractivity contribution in [3.8, 4) is 0 Å². The summed E-state index contributed by atoms with van der Waals surface area (Å²) in [7, 11) is 0. The number of Topliss-reactive ketones (excluding diaryl/α,β-unsaturated/α-hetero) is 1. The first kappa shape index (κ1) is 10.7. The van der Waals surface area contributed by atoms with Gasteiger partial charge in [0.1, 0.15) is 5.82 Å². The van der Waals surface area contributed by atoms with Crippen LogP contribution in [0, 0.1) is 5.82 Å². The predicted octanol–water partition coefficient (Wildman–Crippen LogP) is 3.05. The number of hydrogen-bond acceptors (Lipinski definition) is 1. The molecule has 2 aromatic rings. The Kier molecular flexibility index (Phi) is 2.22. The Bertz CT molecular complexity index is 555. The van der Waals surface area contributed by atoms with Gasteiger partial charge in [0.25, 0.3) is 5.78 Å². The number of rotatable bonds is 1. The number of ketones is 1. The summed E-state index contributed by atoms with van der Waals surface area (Å²) >= 11 is 0. The van der Waals surface area contributed by atoms with Crippen molar-refractivity contribution in [3.63, 3.8) is 0 Å². The SMILES string of the molecule is O=C(c1c[nH]c2cccc(F)c12)C(F)(F)F. The summed E-state index contributed by atoms with van der Waals surface area (Å²) in [6, 6.07) is 3.74. The lowest BCUT2D eigenvalue weighted by Crippen LogP contribution is -2.22. The summed E-state index contributed by atoms with van der Waals surface area (Å²) in [4.78, 5) is 13.4. The molecule has 0 atom stereocenters.